The molecule has 0 radical (unpaired) electrons. The molecule has 0 aromatic heterocycles. The van der Waals surface area contributed by atoms with Crippen LogP contribution < -0.4 is 0 Å². The fourth-order valence-electron chi connectivity index (χ4n) is 0.0912. The average molecular weight is 108 g/mol. The Hall–Kier alpha value is -0.160. The Bertz CT molecular complexity index is 45.4. The molecule has 0 aromatic rings. The lowest BCUT2D eigenvalue weighted by Gasteiger charge is -2.11. The van der Waals surface area contributed by atoms with E-state index < -0.39 is 5.79 Å². The van der Waals surface area contributed by atoms with E-state index in [9.17, 15) is 0 Å². The Balaban J connectivity index is 3.15. The first kappa shape index (κ1) is 6.84. The molecule has 44 valence electrons. The Morgan fingerprint density at radius 2 is 1.86 bits per heavy atom. The molecule has 0 aliphatic rings. The maximum absolute atomic E-state index is 8.51. The van der Waals surface area contributed by atoms with E-state index in [1.807, 2.05) is 0 Å². The fourth-order valence-corrected chi connectivity index (χ4v) is 0.0912. The van der Waals surface area contributed by atoms with E-state index in [1.165, 1.54) is 13.8 Å². The molecule has 0 aliphatic heterocycles. The minimum Gasteiger partial charge on any atom is -0.364 e. The number of hydrogen-bond acceptors (Lipinski definition) is 4. The SMILES string of the molecule is CC(C)(O)OOO. The van der Waals surface area contributed by atoms with Crippen molar-refractivity contribution in [2.75, 3.05) is 0 Å². The third-order valence-corrected chi connectivity index (χ3v) is 0.241. The monoisotopic (exact) mass is 108 g/mol. The van der Waals surface area contributed by atoms with Gasteiger partial charge in [-0.05, 0) is 13.8 Å². The molecule has 4 heteroatoms. The van der Waals surface area contributed by atoms with E-state index in [-0.39, 0.29) is 0 Å². The normalized spacial score (nSPS) is 12.0. The van der Waals surface area contributed by atoms with Crippen LogP contribution >= 0.6 is 0 Å². The second-order valence-electron chi connectivity index (χ2n) is 1.60. The first-order chi connectivity index (χ1) is 3.06. The van der Waals surface area contributed by atoms with Gasteiger partial charge in [0.1, 0.15) is 0 Å². The smallest absolute Gasteiger partial charge is 0.196 e. The Morgan fingerprint density at radius 3 is 1.86 bits per heavy atom. The molecule has 0 aromatic carbocycles. The van der Waals surface area contributed by atoms with Crippen molar-refractivity contribution in [3.05, 3.63) is 0 Å². The minimum absolute atomic E-state index is 1.32. The summed E-state index contributed by atoms with van der Waals surface area (Å²) in [6, 6.07) is 0. The summed E-state index contributed by atoms with van der Waals surface area (Å²) in [5.74, 6) is -1.42. The van der Waals surface area contributed by atoms with E-state index in [0.717, 1.165) is 0 Å². The molecule has 4 nitrogen and oxygen atoms in total. The fraction of sp³-hybridized carbons (Fsp3) is 1.00. The van der Waals surface area contributed by atoms with Gasteiger partial charge in [0, 0.05) is 0 Å². The zero-order valence-corrected chi connectivity index (χ0v) is 4.21. The van der Waals surface area contributed by atoms with Crippen molar-refractivity contribution in [3.63, 3.8) is 0 Å². The molecule has 0 atom stereocenters. The van der Waals surface area contributed by atoms with Gasteiger partial charge in [-0.25, -0.2) is 5.26 Å². The van der Waals surface area contributed by atoms with Gasteiger partial charge in [0.05, 0.1) is 0 Å². The van der Waals surface area contributed by atoms with Gasteiger partial charge in [-0.15, -0.1) is 0 Å². The molecule has 0 unspecified atom stereocenters. The van der Waals surface area contributed by atoms with Gasteiger partial charge in [0.15, 0.2) is 5.79 Å². The average Bonchev–Trinajstić information content (AvgIpc) is 1.30. The molecule has 0 bridgehead atoms. The molecule has 2 N–H and O–H groups in total. The van der Waals surface area contributed by atoms with Crippen molar-refractivity contribution in [1.82, 2.24) is 0 Å². The third kappa shape index (κ3) is 5.84. The summed E-state index contributed by atoms with van der Waals surface area (Å²) in [4.78, 5) is 3.84. The van der Waals surface area contributed by atoms with Gasteiger partial charge < -0.3 is 5.11 Å². The van der Waals surface area contributed by atoms with E-state index >= 15 is 0 Å². The molecule has 0 fully saturated rings. The second-order valence-corrected chi connectivity index (χ2v) is 1.60. The van der Waals surface area contributed by atoms with Crippen LogP contribution in [0, 0.1) is 0 Å². The topological polar surface area (TPSA) is 58.9 Å². The van der Waals surface area contributed by atoms with Gasteiger partial charge in [0.25, 0.3) is 0 Å². The molecule has 0 rings (SSSR count). The minimum atomic E-state index is -1.42. The summed E-state index contributed by atoms with van der Waals surface area (Å²) in [5.41, 5.74) is 0. The quantitative estimate of drug-likeness (QED) is 0.300. The van der Waals surface area contributed by atoms with Crippen LogP contribution in [0.15, 0.2) is 0 Å². The number of aliphatic hydroxyl groups is 1. The van der Waals surface area contributed by atoms with Gasteiger partial charge >= 0.3 is 0 Å². The molecule has 0 saturated carbocycles. The van der Waals surface area contributed by atoms with Crippen molar-refractivity contribution in [2.45, 2.75) is 19.6 Å². The molecule has 0 aliphatic carbocycles. The van der Waals surface area contributed by atoms with E-state index in [4.69, 9.17) is 10.4 Å². The van der Waals surface area contributed by atoms with Crippen molar-refractivity contribution in [3.8, 4) is 0 Å². The summed E-state index contributed by atoms with van der Waals surface area (Å²) in [6.45, 7) is 2.65. The van der Waals surface area contributed by atoms with Gasteiger partial charge in [-0.3, -0.25) is 0 Å². The van der Waals surface area contributed by atoms with Crippen LogP contribution in [-0.4, -0.2) is 16.2 Å². The summed E-state index contributed by atoms with van der Waals surface area (Å²) in [6.07, 6.45) is 0. The molecule has 7 heavy (non-hydrogen) atoms. The van der Waals surface area contributed by atoms with Crippen molar-refractivity contribution in [2.24, 2.45) is 0 Å². The summed E-state index contributed by atoms with van der Waals surface area (Å²) in [5, 5.41) is 19.2. The Morgan fingerprint density at radius 1 is 1.43 bits per heavy atom. The maximum atomic E-state index is 8.51. The summed E-state index contributed by atoms with van der Waals surface area (Å²) in [7, 11) is 0. The maximum Gasteiger partial charge on any atom is 0.196 e. The molecule has 0 spiro atoms. The van der Waals surface area contributed by atoms with Crippen LogP contribution in [0.5, 0.6) is 0 Å². The van der Waals surface area contributed by atoms with Crippen molar-refractivity contribution >= 4 is 0 Å². The standard InChI is InChI=1S/C3H8O4/c1-3(2,4)6-7-5/h4-5H,1-2H3. The van der Waals surface area contributed by atoms with Crippen LogP contribution in [0.1, 0.15) is 13.8 Å². The number of rotatable bonds is 2. The van der Waals surface area contributed by atoms with Gasteiger partial charge in [-0.2, -0.15) is 4.89 Å². The molecular formula is C3H8O4. The summed E-state index contributed by atoms with van der Waals surface area (Å²) < 4.78 is 0. The van der Waals surface area contributed by atoms with Crippen LogP contribution in [0.25, 0.3) is 0 Å². The zero-order chi connectivity index (χ0) is 5.91. The van der Waals surface area contributed by atoms with Gasteiger partial charge in [0.2, 0.25) is 0 Å². The highest BCUT2D eigenvalue weighted by atomic mass is 17.5. The third-order valence-electron chi connectivity index (χ3n) is 0.241. The molecule has 0 amide bonds. The van der Waals surface area contributed by atoms with Crippen LogP contribution in [0.2, 0.25) is 0 Å². The van der Waals surface area contributed by atoms with Crippen molar-refractivity contribution < 1.29 is 20.3 Å². The largest absolute Gasteiger partial charge is 0.364 e. The second kappa shape index (κ2) is 2.23. The molecule has 0 saturated heterocycles. The highest BCUT2D eigenvalue weighted by Gasteiger charge is 2.12. The lowest BCUT2D eigenvalue weighted by molar-refractivity contribution is -0.547. The summed E-state index contributed by atoms with van der Waals surface area (Å²) >= 11 is 0. The van der Waals surface area contributed by atoms with E-state index in [1.54, 1.807) is 0 Å². The first-order valence-electron chi connectivity index (χ1n) is 1.78. The van der Waals surface area contributed by atoms with Crippen LogP contribution in [-0.2, 0) is 9.93 Å². The van der Waals surface area contributed by atoms with Crippen LogP contribution in [0.3, 0.4) is 0 Å². The predicted octanol–water partition coefficient (Wildman–Crippen LogP) is 0.136. The van der Waals surface area contributed by atoms with Crippen LogP contribution in [0.4, 0.5) is 0 Å². The molecule has 0 heterocycles. The molecular weight excluding hydrogens is 100 g/mol. The van der Waals surface area contributed by atoms with E-state index in [2.05, 4.69) is 9.93 Å². The van der Waals surface area contributed by atoms with E-state index in [0.29, 0.717) is 0 Å². The van der Waals surface area contributed by atoms with Gasteiger partial charge in [-0.1, -0.05) is 5.04 Å². The Labute approximate surface area is 41.1 Å². The Kier molecular flexibility index (Phi) is 2.17. The highest BCUT2D eigenvalue weighted by molar-refractivity contribution is 4.40. The zero-order valence-electron chi connectivity index (χ0n) is 4.21. The predicted molar refractivity (Wildman–Crippen MR) is 21.1 cm³/mol. The van der Waals surface area contributed by atoms with Crippen molar-refractivity contribution in [1.29, 1.82) is 0 Å². The number of hydrogen-bond donors (Lipinski definition) is 2. The first-order valence-corrected chi connectivity index (χ1v) is 1.78. The lowest BCUT2D eigenvalue weighted by atomic mass is 10.4. The highest BCUT2D eigenvalue weighted by Crippen LogP contribution is 2.00. The lowest BCUT2D eigenvalue weighted by Crippen LogP contribution is -2.22.